The van der Waals surface area contributed by atoms with E-state index in [2.05, 4.69) is 32.7 Å². The van der Waals surface area contributed by atoms with E-state index < -0.39 is 11.6 Å². The SMILES string of the molecule is CN=C(NCCc1c(F)cccc1F)NC1CCN(c2ccccc2)C1.I. The maximum absolute atomic E-state index is 13.7. The van der Waals surface area contributed by atoms with Gasteiger partial charge >= 0.3 is 0 Å². The van der Waals surface area contributed by atoms with Gasteiger partial charge in [-0.3, -0.25) is 4.99 Å². The van der Waals surface area contributed by atoms with Crippen molar-refractivity contribution >= 4 is 35.6 Å². The van der Waals surface area contributed by atoms with E-state index in [0.29, 0.717) is 12.5 Å². The molecular weight excluding hydrogens is 461 g/mol. The summed E-state index contributed by atoms with van der Waals surface area (Å²) < 4.78 is 27.3. The Hall–Kier alpha value is -1.90. The molecule has 1 atom stereocenters. The normalized spacial score (nSPS) is 16.8. The van der Waals surface area contributed by atoms with Crippen LogP contribution in [0.5, 0.6) is 0 Å². The van der Waals surface area contributed by atoms with Crippen molar-refractivity contribution in [1.82, 2.24) is 10.6 Å². The molecule has 27 heavy (non-hydrogen) atoms. The zero-order chi connectivity index (χ0) is 18.4. The average molecular weight is 486 g/mol. The number of anilines is 1. The summed E-state index contributed by atoms with van der Waals surface area (Å²) in [6, 6.07) is 14.5. The van der Waals surface area contributed by atoms with Crippen LogP contribution >= 0.6 is 24.0 Å². The third kappa shape index (κ3) is 5.79. The molecule has 1 saturated heterocycles. The molecule has 1 fully saturated rings. The summed E-state index contributed by atoms with van der Waals surface area (Å²) in [6.07, 6.45) is 1.28. The van der Waals surface area contributed by atoms with Gasteiger partial charge < -0.3 is 15.5 Å². The summed E-state index contributed by atoms with van der Waals surface area (Å²) >= 11 is 0. The number of nitrogens with zero attached hydrogens (tertiary/aromatic N) is 2. The van der Waals surface area contributed by atoms with Gasteiger partial charge in [0.15, 0.2) is 5.96 Å². The lowest BCUT2D eigenvalue weighted by Gasteiger charge is -2.20. The minimum atomic E-state index is -0.510. The number of para-hydroxylation sites is 1. The van der Waals surface area contributed by atoms with E-state index in [9.17, 15) is 8.78 Å². The highest BCUT2D eigenvalue weighted by Gasteiger charge is 2.23. The van der Waals surface area contributed by atoms with Gasteiger partial charge in [-0.15, -0.1) is 24.0 Å². The van der Waals surface area contributed by atoms with Crippen LogP contribution in [0, 0.1) is 11.6 Å². The van der Waals surface area contributed by atoms with Crippen LogP contribution in [0.15, 0.2) is 53.5 Å². The van der Waals surface area contributed by atoms with E-state index in [1.807, 2.05) is 18.2 Å². The Morgan fingerprint density at radius 3 is 2.48 bits per heavy atom. The van der Waals surface area contributed by atoms with Crippen LogP contribution in [0.4, 0.5) is 14.5 Å². The summed E-state index contributed by atoms with van der Waals surface area (Å²) in [7, 11) is 1.70. The van der Waals surface area contributed by atoms with Gasteiger partial charge in [-0.2, -0.15) is 0 Å². The van der Waals surface area contributed by atoms with E-state index in [0.717, 1.165) is 19.5 Å². The first-order valence-electron chi connectivity index (χ1n) is 8.87. The first-order chi connectivity index (χ1) is 12.7. The summed E-state index contributed by atoms with van der Waals surface area (Å²) in [5.74, 6) is -0.366. The van der Waals surface area contributed by atoms with Gasteiger partial charge in [-0.1, -0.05) is 24.3 Å². The molecule has 0 amide bonds. The van der Waals surface area contributed by atoms with Crippen LogP contribution in [0.25, 0.3) is 0 Å². The van der Waals surface area contributed by atoms with Gasteiger partial charge in [0.25, 0.3) is 0 Å². The smallest absolute Gasteiger partial charge is 0.191 e. The number of rotatable bonds is 5. The number of hydrogen-bond donors (Lipinski definition) is 2. The van der Waals surface area contributed by atoms with Crippen molar-refractivity contribution in [3.63, 3.8) is 0 Å². The van der Waals surface area contributed by atoms with Gasteiger partial charge in [0.1, 0.15) is 11.6 Å². The number of guanidine groups is 1. The molecule has 2 aromatic rings. The molecule has 4 nitrogen and oxygen atoms in total. The highest BCUT2D eigenvalue weighted by Crippen LogP contribution is 2.19. The fourth-order valence-corrected chi connectivity index (χ4v) is 3.22. The quantitative estimate of drug-likeness (QED) is 0.386. The highest BCUT2D eigenvalue weighted by molar-refractivity contribution is 14.0. The van der Waals surface area contributed by atoms with E-state index in [1.165, 1.54) is 23.9 Å². The molecule has 3 rings (SSSR count). The Morgan fingerprint density at radius 2 is 1.81 bits per heavy atom. The van der Waals surface area contributed by atoms with Crippen LogP contribution in [0.1, 0.15) is 12.0 Å². The molecule has 146 valence electrons. The Kier molecular flexibility index (Phi) is 8.27. The molecule has 1 heterocycles. The lowest BCUT2D eigenvalue weighted by molar-refractivity contribution is 0.552. The number of aliphatic imine (C=N–C) groups is 1. The van der Waals surface area contributed by atoms with Gasteiger partial charge in [0.05, 0.1) is 0 Å². The molecule has 0 bridgehead atoms. The molecule has 0 saturated carbocycles. The molecule has 0 spiro atoms. The van der Waals surface area contributed by atoms with Gasteiger partial charge in [0.2, 0.25) is 0 Å². The maximum atomic E-state index is 13.7. The predicted molar refractivity (Wildman–Crippen MR) is 117 cm³/mol. The maximum Gasteiger partial charge on any atom is 0.191 e. The molecule has 2 N–H and O–H groups in total. The van der Waals surface area contributed by atoms with Crippen LogP contribution < -0.4 is 15.5 Å². The van der Waals surface area contributed by atoms with E-state index in [4.69, 9.17) is 0 Å². The van der Waals surface area contributed by atoms with Crippen molar-refractivity contribution in [2.75, 3.05) is 31.6 Å². The Bertz CT molecular complexity index is 735. The van der Waals surface area contributed by atoms with Gasteiger partial charge in [-0.05, 0) is 37.1 Å². The lowest BCUT2D eigenvalue weighted by atomic mass is 10.1. The molecule has 2 aromatic carbocycles. The topological polar surface area (TPSA) is 39.7 Å². The lowest BCUT2D eigenvalue weighted by Crippen LogP contribution is -2.45. The fraction of sp³-hybridized carbons (Fsp3) is 0.350. The van der Waals surface area contributed by atoms with E-state index in [1.54, 1.807) is 7.05 Å². The first kappa shape index (κ1) is 21.4. The van der Waals surface area contributed by atoms with Crippen molar-refractivity contribution < 1.29 is 8.78 Å². The summed E-state index contributed by atoms with van der Waals surface area (Å²) in [6.45, 7) is 2.29. The molecular formula is C20H25F2IN4. The van der Waals surface area contributed by atoms with Crippen LogP contribution in [0.3, 0.4) is 0 Å². The molecule has 1 aliphatic rings. The van der Waals surface area contributed by atoms with Crippen molar-refractivity contribution in [3.05, 3.63) is 65.7 Å². The molecule has 1 aliphatic heterocycles. The Balaban J connectivity index is 0.00000261. The molecule has 0 aliphatic carbocycles. The fourth-order valence-electron chi connectivity index (χ4n) is 3.22. The summed E-state index contributed by atoms with van der Waals surface area (Å²) in [5.41, 5.74) is 1.32. The molecule has 0 aromatic heterocycles. The van der Waals surface area contributed by atoms with Crippen LogP contribution in [-0.2, 0) is 6.42 Å². The minimum Gasteiger partial charge on any atom is -0.369 e. The molecule has 1 unspecified atom stereocenters. The Labute approximate surface area is 176 Å². The number of halogens is 3. The summed E-state index contributed by atoms with van der Waals surface area (Å²) in [4.78, 5) is 6.55. The van der Waals surface area contributed by atoms with E-state index >= 15 is 0 Å². The van der Waals surface area contributed by atoms with E-state index in [-0.39, 0.29) is 42.0 Å². The molecule has 7 heteroatoms. The minimum absolute atomic E-state index is 0. The van der Waals surface area contributed by atoms with Crippen molar-refractivity contribution in [3.8, 4) is 0 Å². The molecule has 0 radical (unpaired) electrons. The second kappa shape index (κ2) is 10.4. The second-order valence-corrected chi connectivity index (χ2v) is 6.36. The largest absolute Gasteiger partial charge is 0.369 e. The average Bonchev–Trinajstić information content (AvgIpc) is 3.12. The Morgan fingerprint density at radius 1 is 1.11 bits per heavy atom. The zero-order valence-electron chi connectivity index (χ0n) is 15.3. The summed E-state index contributed by atoms with van der Waals surface area (Å²) in [5, 5.41) is 6.53. The van der Waals surface area contributed by atoms with Crippen molar-refractivity contribution in [2.24, 2.45) is 4.99 Å². The highest BCUT2D eigenvalue weighted by atomic mass is 127. The zero-order valence-corrected chi connectivity index (χ0v) is 17.6. The van der Waals surface area contributed by atoms with Gasteiger partial charge in [0, 0.05) is 44.0 Å². The van der Waals surface area contributed by atoms with Crippen molar-refractivity contribution in [1.29, 1.82) is 0 Å². The van der Waals surface area contributed by atoms with Crippen LogP contribution in [-0.4, -0.2) is 38.7 Å². The monoisotopic (exact) mass is 486 g/mol. The third-order valence-electron chi connectivity index (χ3n) is 4.60. The first-order valence-corrected chi connectivity index (χ1v) is 8.87. The number of benzene rings is 2. The van der Waals surface area contributed by atoms with Crippen LogP contribution in [0.2, 0.25) is 0 Å². The van der Waals surface area contributed by atoms with Gasteiger partial charge in [-0.25, -0.2) is 8.78 Å². The number of hydrogen-bond acceptors (Lipinski definition) is 2. The van der Waals surface area contributed by atoms with Crippen molar-refractivity contribution in [2.45, 2.75) is 18.9 Å². The number of nitrogens with one attached hydrogen (secondary N) is 2. The predicted octanol–water partition coefficient (Wildman–Crippen LogP) is 3.57. The second-order valence-electron chi connectivity index (χ2n) is 6.36. The standard InChI is InChI=1S/C20H24F2N4.HI/c1-23-20(24-12-10-17-18(21)8-5-9-19(17)22)25-15-11-13-26(14-15)16-6-3-2-4-7-16;/h2-9,15H,10-14H2,1H3,(H2,23,24,25);1H. The third-order valence-corrected chi connectivity index (χ3v) is 4.60.